The summed E-state index contributed by atoms with van der Waals surface area (Å²) in [6.07, 6.45) is 6.49. The Kier molecular flexibility index (Phi) is 8.19. The molecule has 0 saturated carbocycles. The molecule has 1 aromatic rings. The Morgan fingerprint density at radius 2 is 1.95 bits per heavy atom. The molecule has 106 valence electrons. The second-order valence-electron chi connectivity index (χ2n) is 4.78. The first kappa shape index (κ1) is 15.9. The van der Waals surface area contributed by atoms with Crippen LogP contribution in [0.15, 0.2) is 43.0 Å². The van der Waals surface area contributed by atoms with E-state index in [-0.39, 0.29) is 6.10 Å². The number of hydrogen-bond acceptors (Lipinski definition) is 2. The zero-order chi connectivity index (χ0) is 13.9. The molecular weight excluding hydrogens is 236 g/mol. The van der Waals surface area contributed by atoms with Crippen molar-refractivity contribution in [2.45, 2.75) is 51.2 Å². The summed E-state index contributed by atoms with van der Waals surface area (Å²) in [6, 6.07) is 9.98. The number of aliphatic hydroxyl groups is 1. The molecule has 0 bridgehead atoms. The number of rotatable bonds is 10. The molecule has 0 aliphatic heterocycles. The molecule has 2 unspecified atom stereocenters. The number of aliphatic hydroxyl groups excluding tert-OH is 1. The highest BCUT2D eigenvalue weighted by atomic mass is 16.5. The van der Waals surface area contributed by atoms with Crippen LogP contribution in [0.25, 0.3) is 0 Å². The molecule has 0 heterocycles. The third-order valence-electron chi connectivity index (χ3n) is 3.23. The van der Waals surface area contributed by atoms with Crippen LogP contribution in [-0.2, 0) is 4.74 Å². The molecule has 0 aromatic heterocycles. The Hall–Kier alpha value is -1.12. The van der Waals surface area contributed by atoms with E-state index in [0.29, 0.717) is 6.61 Å². The number of allylic oxidation sites excluding steroid dienone is 1. The zero-order valence-corrected chi connectivity index (χ0v) is 11.9. The van der Waals surface area contributed by atoms with Crippen molar-refractivity contribution < 1.29 is 9.84 Å². The van der Waals surface area contributed by atoms with Crippen molar-refractivity contribution in [1.82, 2.24) is 0 Å². The van der Waals surface area contributed by atoms with E-state index in [1.165, 1.54) is 0 Å². The van der Waals surface area contributed by atoms with Crippen LogP contribution in [0.5, 0.6) is 0 Å². The van der Waals surface area contributed by atoms with Gasteiger partial charge in [0.1, 0.15) is 6.10 Å². The van der Waals surface area contributed by atoms with Crippen LogP contribution >= 0.6 is 0 Å². The molecule has 2 atom stereocenters. The fourth-order valence-electron chi connectivity index (χ4n) is 2.22. The minimum atomic E-state index is -0.425. The monoisotopic (exact) mass is 262 g/mol. The Bertz CT molecular complexity index is 334. The van der Waals surface area contributed by atoms with Gasteiger partial charge in [-0.15, -0.1) is 6.58 Å². The van der Waals surface area contributed by atoms with E-state index in [1.54, 1.807) is 0 Å². The first-order chi connectivity index (χ1) is 9.29. The number of benzene rings is 1. The summed E-state index contributed by atoms with van der Waals surface area (Å²) >= 11 is 0. The van der Waals surface area contributed by atoms with Crippen molar-refractivity contribution in [1.29, 1.82) is 0 Å². The van der Waals surface area contributed by atoms with E-state index < -0.39 is 6.10 Å². The molecule has 2 nitrogen and oxygen atoms in total. The molecule has 1 rings (SSSR count). The second kappa shape index (κ2) is 9.76. The lowest BCUT2D eigenvalue weighted by Gasteiger charge is -2.23. The van der Waals surface area contributed by atoms with Crippen LogP contribution in [0, 0.1) is 0 Å². The summed E-state index contributed by atoms with van der Waals surface area (Å²) in [5.74, 6) is 0. The fourth-order valence-corrected chi connectivity index (χ4v) is 2.22. The zero-order valence-electron chi connectivity index (χ0n) is 11.9. The van der Waals surface area contributed by atoms with Gasteiger partial charge in [-0.2, -0.15) is 0 Å². The second-order valence-corrected chi connectivity index (χ2v) is 4.78. The van der Waals surface area contributed by atoms with Crippen molar-refractivity contribution in [3.05, 3.63) is 48.6 Å². The van der Waals surface area contributed by atoms with Gasteiger partial charge in [-0.3, -0.25) is 0 Å². The van der Waals surface area contributed by atoms with Crippen molar-refractivity contribution in [3.63, 3.8) is 0 Å². The molecule has 1 aromatic carbocycles. The maximum absolute atomic E-state index is 10.3. The largest absolute Gasteiger partial charge is 0.390 e. The molecular formula is C17H26O2. The normalized spacial score (nSPS) is 14.0. The summed E-state index contributed by atoms with van der Waals surface area (Å²) in [6.45, 7) is 6.30. The molecule has 1 N–H and O–H groups in total. The average molecular weight is 262 g/mol. The van der Waals surface area contributed by atoms with Gasteiger partial charge in [0, 0.05) is 6.61 Å². The molecule has 0 saturated heterocycles. The minimum Gasteiger partial charge on any atom is -0.390 e. The molecule has 0 amide bonds. The summed E-state index contributed by atoms with van der Waals surface area (Å²) in [5, 5.41) is 10.3. The van der Waals surface area contributed by atoms with Crippen molar-refractivity contribution >= 4 is 0 Å². The van der Waals surface area contributed by atoms with Gasteiger partial charge in [-0.25, -0.2) is 0 Å². The summed E-state index contributed by atoms with van der Waals surface area (Å²) in [5.41, 5.74) is 1.06. The molecule has 0 aliphatic rings. The highest BCUT2D eigenvalue weighted by Gasteiger charge is 2.20. The average Bonchev–Trinajstić information content (AvgIpc) is 2.45. The predicted molar refractivity (Wildman–Crippen MR) is 80.1 cm³/mol. The van der Waals surface area contributed by atoms with Gasteiger partial charge in [0.05, 0.1) is 6.10 Å². The minimum absolute atomic E-state index is 0.203. The van der Waals surface area contributed by atoms with E-state index in [0.717, 1.165) is 37.7 Å². The van der Waals surface area contributed by atoms with Crippen LogP contribution in [0.4, 0.5) is 0 Å². The van der Waals surface area contributed by atoms with Gasteiger partial charge in [0.15, 0.2) is 0 Å². The number of hydrogen-bond donors (Lipinski definition) is 1. The van der Waals surface area contributed by atoms with Gasteiger partial charge in [-0.1, -0.05) is 49.2 Å². The summed E-state index contributed by atoms with van der Waals surface area (Å²) in [7, 11) is 0. The SMILES string of the molecule is C=CCCCCCC(O)C(OCC)c1ccccc1. The molecule has 19 heavy (non-hydrogen) atoms. The summed E-state index contributed by atoms with van der Waals surface area (Å²) in [4.78, 5) is 0. The Balaban J connectivity index is 2.44. The molecule has 0 spiro atoms. The predicted octanol–water partition coefficient (Wildman–Crippen LogP) is 4.26. The quantitative estimate of drug-likeness (QED) is 0.504. The summed E-state index contributed by atoms with van der Waals surface area (Å²) < 4.78 is 5.70. The van der Waals surface area contributed by atoms with Gasteiger partial charge in [0.25, 0.3) is 0 Å². The first-order valence-corrected chi connectivity index (χ1v) is 7.25. The van der Waals surface area contributed by atoms with Gasteiger partial charge in [-0.05, 0) is 31.7 Å². The Labute approximate surface area is 117 Å². The van der Waals surface area contributed by atoms with Crippen LogP contribution in [-0.4, -0.2) is 17.8 Å². The lowest BCUT2D eigenvalue weighted by molar-refractivity contribution is -0.0386. The van der Waals surface area contributed by atoms with Gasteiger partial charge in [0.2, 0.25) is 0 Å². The van der Waals surface area contributed by atoms with Crippen LogP contribution in [0.3, 0.4) is 0 Å². The van der Waals surface area contributed by atoms with Crippen LogP contribution < -0.4 is 0 Å². The van der Waals surface area contributed by atoms with E-state index >= 15 is 0 Å². The first-order valence-electron chi connectivity index (χ1n) is 7.25. The van der Waals surface area contributed by atoms with Crippen LogP contribution in [0.2, 0.25) is 0 Å². The van der Waals surface area contributed by atoms with Crippen LogP contribution in [0.1, 0.15) is 50.7 Å². The highest BCUT2D eigenvalue weighted by Crippen LogP contribution is 2.24. The highest BCUT2D eigenvalue weighted by molar-refractivity contribution is 5.18. The molecule has 0 radical (unpaired) electrons. The Morgan fingerprint density at radius 1 is 1.21 bits per heavy atom. The van der Waals surface area contributed by atoms with Crippen molar-refractivity contribution in [2.24, 2.45) is 0 Å². The van der Waals surface area contributed by atoms with Gasteiger partial charge < -0.3 is 9.84 Å². The lowest BCUT2D eigenvalue weighted by atomic mass is 9.99. The number of unbranched alkanes of at least 4 members (excludes halogenated alkanes) is 3. The van der Waals surface area contributed by atoms with Gasteiger partial charge >= 0.3 is 0 Å². The fraction of sp³-hybridized carbons (Fsp3) is 0.529. The molecule has 0 aliphatic carbocycles. The van der Waals surface area contributed by atoms with E-state index in [4.69, 9.17) is 4.74 Å². The third-order valence-corrected chi connectivity index (χ3v) is 3.23. The standard InChI is InChI=1S/C17H26O2/c1-3-5-6-7-11-14-16(18)17(19-4-2)15-12-9-8-10-13-15/h3,8-10,12-13,16-18H,1,4-7,11,14H2,2H3. The smallest absolute Gasteiger partial charge is 0.108 e. The molecule has 0 fully saturated rings. The van der Waals surface area contributed by atoms with E-state index in [2.05, 4.69) is 6.58 Å². The lowest BCUT2D eigenvalue weighted by Crippen LogP contribution is -2.21. The third kappa shape index (κ3) is 6.04. The molecule has 2 heteroatoms. The van der Waals surface area contributed by atoms with E-state index in [1.807, 2.05) is 43.3 Å². The topological polar surface area (TPSA) is 29.5 Å². The number of ether oxygens (including phenoxy) is 1. The van der Waals surface area contributed by atoms with E-state index in [9.17, 15) is 5.11 Å². The maximum atomic E-state index is 10.3. The van der Waals surface area contributed by atoms with Crippen molar-refractivity contribution in [2.75, 3.05) is 6.61 Å². The maximum Gasteiger partial charge on any atom is 0.108 e. The Morgan fingerprint density at radius 3 is 2.58 bits per heavy atom. The van der Waals surface area contributed by atoms with Crippen molar-refractivity contribution in [3.8, 4) is 0 Å².